The van der Waals surface area contributed by atoms with Crippen LogP contribution in [0.2, 0.25) is 0 Å². The van der Waals surface area contributed by atoms with Gasteiger partial charge < -0.3 is 0 Å². The molecule has 12 heavy (non-hydrogen) atoms. The lowest BCUT2D eigenvalue weighted by Crippen LogP contribution is -1.99. The van der Waals surface area contributed by atoms with E-state index in [4.69, 9.17) is 0 Å². The Bertz CT molecular complexity index is 302. The van der Waals surface area contributed by atoms with Crippen molar-refractivity contribution in [2.24, 2.45) is 0 Å². The molecule has 61 valence electrons. The van der Waals surface area contributed by atoms with E-state index in [0.717, 1.165) is 0 Å². The molecule has 1 aromatic heterocycles. The van der Waals surface area contributed by atoms with Gasteiger partial charge in [0.2, 0.25) is 0 Å². The molecule has 0 N–H and O–H groups in total. The number of nitrogens with zero attached hydrogens (tertiary/aromatic N) is 1. The summed E-state index contributed by atoms with van der Waals surface area (Å²) in [5.74, 6) is -0.232. The Balaban J connectivity index is 3.12. The lowest BCUT2D eigenvalue weighted by molar-refractivity contribution is 0.101. The molecule has 0 bridgehead atoms. The van der Waals surface area contributed by atoms with Gasteiger partial charge in [-0.25, -0.2) is 0 Å². The highest BCUT2D eigenvalue weighted by Crippen LogP contribution is 2.03. The number of carbonyl (C=O) groups excluding carboxylic acids is 2. The van der Waals surface area contributed by atoms with Crippen LogP contribution in [0.4, 0.5) is 0 Å². The molecule has 0 spiro atoms. The Morgan fingerprint density at radius 3 is 2.50 bits per heavy atom. The van der Waals surface area contributed by atoms with E-state index in [9.17, 15) is 9.59 Å². The SMILES string of the molecule is CC(=O)c1[c]ncc(C(C)=O)c1. The first-order valence-corrected chi connectivity index (χ1v) is 3.51. The summed E-state index contributed by atoms with van der Waals surface area (Å²) >= 11 is 0. The molecule has 1 radical (unpaired) electrons. The van der Waals surface area contributed by atoms with Crippen molar-refractivity contribution in [3.63, 3.8) is 0 Å². The Morgan fingerprint density at radius 2 is 2.00 bits per heavy atom. The molecule has 0 aliphatic heterocycles. The van der Waals surface area contributed by atoms with E-state index in [1.807, 2.05) is 0 Å². The molecule has 3 heteroatoms. The monoisotopic (exact) mass is 162 g/mol. The van der Waals surface area contributed by atoms with E-state index in [-0.39, 0.29) is 11.6 Å². The van der Waals surface area contributed by atoms with Crippen molar-refractivity contribution >= 4 is 11.6 Å². The number of hydrogen-bond acceptors (Lipinski definition) is 3. The minimum Gasteiger partial charge on any atom is -0.294 e. The molecule has 1 rings (SSSR count). The Kier molecular flexibility index (Phi) is 2.33. The van der Waals surface area contributed by atoms with Crippen molar-refractivity contribution in [1.29, 1.82) is 0 Å². The maximum atomic E-state index is 10.9. The van der Waals surface area contributed by atoms with Gasteiger partial charge >= 0.3 is 0 Å². The second kappa shape index (κ2) is 3.26. The molecular weight excluding hydrogens is 154 g/mol. The van der Waals surface area contributed by atoms with Gasteiger partial charge in [-0.3, -0.25) is 14.6 Å². The minimum absolute atomic E-state index is 0.0981. The Hall–Kier alpha value is -1.51. The molecule has 0 unspecified atom stereocenters. The summed E-state index contributed by atoms with van der Waals surface area (Å²) in [5.41, 5.74) is 0.793. The van der Waals surface area contributed by atoms with Crippen LogP contribution in [-0.4, -0.2) is 16.6 Å². The van der Waals surface area contributed by atoms with Crippen molar-refractivity contribution in [3.8, 4) is 0 Å². The maximum Gasteiger partial charge on any atom is 0.162 e. The summed E-state index contributed by atoms with van der Waals surface area (Å²) in [4.78, 5) is 25.4. The van der Waals surface area contributed by atoms with E-state index >= 15 is 0 Å². The average molecular weight is 162 g/mol. The zero-order chi connectivity index (χ0) is 9.14. The van der Waals surface area contributed by atoms with E-state index in [0.29, 0.717) is 11.1 Å². The number of Topliss-reactive ketones (excluding diaryl/α,β-unsaturated/α-hetero) is 2. The van der Waals surface area contributed by atoms with Gasteiger partial charge in [0.1, 0.15) is 6.20 Å². The van der Waals surface area contributed by atoms with Crippen LogP contribution in [0.25, 0.3) is 0 Å². The third-order valence-corrected chi connectivity index (χ3v) is 1.47. The highest BCUT2D eigenvalue weighted by molar-refractivity contribution is 5.98. The summed E-state index contributed by atoms with van der Waals surface area (Å²) in [7, 11) is 0. The van der Waals surface area contributed by atoms with Crippen LogP contribution >= 0.6 is 0 Å². The first-order chi connectivity index (χ1) is 5.61. The summed E-state index contributed by atoms with van der Waals surface area (Å²) < 4.78 is 0. The van der Waals surface area contributed by atoms with Gasteiger partial charge in [0.15, 0.2) is 11.6 Å². The van der Waals surface area contributed by atoms with Crippen LogP contribution in [-0.2, 0) is 0 Å². The third kappa shape index (κ3) is 1.75. The standard InChI is InChI=1S/C9H8NO2/c1-6(11)8-3-9(7(2)12)5-10-4-8/h3-4H,1-2H3. The maximum absolute atomic E-state index is 10.9. The normalized spacial score (nSPS) is 9.50. The Labute approximate surface area is 70.4 Å². The molecule has 3 nitrogen and oxygen atoms in total. The molecule has 0 atom stereocenters. The van der Waals surface area contributed by atoms with Gasteiger partial charge in [0, 0.05) is 17.3 Å². The fourth-order valence-electron chi connectivity index (χ4n) is 0.769. The molecule has 0 amide bonds. The van der Waals surface area contributed by atoms with Crippen LogP contribution in [0.15, 0.2) is 12.3 Å². The fourth-order valence-corrected chi connectivity index (χ4v) is 0.769. The predicted molar refractivity (Wildman–Crippen MR) is 43.1 cm³/mol. The molecular formula is C9H8NO2. The molecule has 1 aromatic rings. The predicted octanol–water partition coefficient (Wildman–Crippen LogP) is 1.29. The second-order valence-corrected chi connectivity index (χ2v) is 2.50. The van der Waals surface area contributed by atoms with Crippen molar-refractivity contribution in [2.45, 2.75) is 13.8 Å². The van der Waals surface area contributed by atoms with Gasteiger partial charge in [-0.1, -0.05) is 0 Å². The number of pyridine rings is 1. The van der Waals surface area contributed by atoms with Crippen LogP contribution < -0.4 is 0 Å². The minimum atomic E-state index is -0.134. The first-order valence-electron chi connectivity index (χ1n) is 3.51. The van der Waals surface area contributed by atoms with Crippen molar-refractivity contribution in [1.82, 2.24) is 4.98 Å². The molecule has 0 aromatic carbocycles. The van der Waals surface area contributed by atoms with Gasteiger partial charge in [0.05, 0.1) is 0 Å². The van der Waals surface area contributed by atoms with E-state index in [2.05, 4.69) is 11.2 Å². The number of aromatic nitrogens is 1. The van der Waals surface area contributed by atoms with Crippen LogP contribution in [0, 0.1) is 6.20 Å². The number of hydrogen-bond donors (Lipinski definition) is 0. The molecule has 0 aliphatic carbocycles. The van der Waals surface area contributed by atoms with Crippen molar-refractivity contribution in [2.75, 3.05) is 0 Å². The fraction of sp³-hybridized carbons (Fsp3) is 0.222. The molecule has 0 saturated heterocycles. The highest BCUT2D eigenvalue weighted by Gasteiger charge is 2.04. The molecule has 0 fully saturated rings. The molecule has 1 heterocycles. The van der Waals surface area contributed by atoms with E-state index in [1.54, 1.807) is 0 Å². The lowest BCUT2D eigenvalue weighted by Gasteiger charge is -1.96. The van der Waals surface area contributed by atoms with Gasteiger partial charge in [-0.15, -0.1) is 0 Å². The van der Waals surface area contributed by atoms with Crippen molar-refractivity contribution in [3.05, 3.63) is 29.6 Å². The largest absolute Gasteiger partial charge is 0.294 e. The van der Waals surface area contributed by atoms with Crippen molar-refractivity contribution < 1.29 is 9.59 Å². The average Bonchev–Trinajstić information content (AvgIpc) is 2.04. The molecule has 0 aliphatic rings. The summed E-state index contributed by atoms with van der Waals surface area (Å²) in [6.45, 7) is 2.85. The quantitative estimate of drug-likeness (QED) is 0.615. The van der Waals surface area contributed by atoms with Crippen LogP contribution in [0.5, 0.6) is 0 Å². The number of rotatable bonds is 2. The smallest absolute Gasteiger partial charge is 0.162 e. The molecule has 0 saturated carbocycles. The van der Waals surface area contributed by atoms with E-state index in [1.165, 1.54) is 26.1 Å². The summed E-state index contributed by atoms with van der Waals surface area (Å²) in [6, 6.07) is 1.50. The third-order valence-electron chi connectivity index (χ3n) is 1.47. The van der Waals surface area contributed by atoms with Gasteiger partial charge in [-0.05, 0) is 19.9 Å². The zero-order valence-electron chi connectivity index (χ0n) is 6.92. The first kappa shape index (κ1) is 8.59. The van der Waals surface area contributed by atoms with E-state index < -0.39 is 0 Å². The van der Waals surface area contributed by atoms with Gasteiger partial charge in [0.25, 0.3) is 0 Å². The summed E-state index contributed by atoms with van der Waals surface area (Å²) in [6.07, 6.45) is 3.91. The topological polar surface area (TPSA) is 47.0 Å². The van der Waals surface area contributed by atoms with Crippen LogP contribution in [0.1, 0.15) is 34.6 Å². The second-order valence-electron chi connectivity index (χ2n) is 2.50. The van der Waals surface area contributed by atoms with Crippen LogP contribution in [0.3, 0.4) is 0 Å². The highest BCUT2D eigenvalue weighted by atomic mass is 16.1. The Morgan fingerprint density at radius 1 is 1.33 bits per heavy atom. The zero-order valence-corrected chi connectivity index (χ0v) is 6.92. The van der Waals surface area contributed by atoms with Gasteiger partial charge in [-0.2, -0.15) is 0 Å². The summed E-state index contributed by atoms with van der Waals surface area (Å²) in [5, 5.41) is 0. The number of ketones is 2. The number of carbonyl (C=O) groups is 2. The lowest BCUT2D eigenvalue weighted by atomic mass is 10.1.